The van der Waals surface area contributed by atoms with Crippen LogP contribution in [0.4, 0.5) is 5.82 Å². The second kappa shape index (κ2) is 6.79. The van der Waals surface area contributed by atoms with Crippen LogP contribution in [0.15, 0.2) is 67.1 Å². The topological polar surface area (TPSA) is 73.5 Å². The lowest BCUT2D eigenvalue weighted by atomic mass is 10.1. The van der Waals surface area contributed by atoms with Crippen molar-refractivity contribution in [1.82, 2.24) is 29.8 Å². The highest BCUT2D eigenvalue weighted by molar-refractivity contribution is 5.41. The summed E-state index contributed by atoms with van der Waals surface area (Å²) in [5.41, 5.74) is 3.14. The molecule has 1 aromatic carbocycles. The summed E-state index contributed by atoms with van der Waals surface area (Å²) in [5.74, 6) is 1.42. The Morgan fingerprint density at radius 1 is 0.923 bits per heavy atom. The van der Waals surface area contributed by atoms with E-state index in [1.165, 1.54) is 0 Å². The van der Waals surface area contributed by atoms with Gasteiger partial charge in [0.1, 0.15) is 5.82 Å². The Kier molecular flexibility index (Phi) is 4.18. The molecule has 0 bridgehead atoms. The number of rotatable bonds is 5. The number of nitrogens with zero attached hydrogens (tertiary/aromatic N) is 6. The van der Waals surface area contributed by atoms with Gasteiger partial charge in [0.05, 0.1) is 17.4 Å². The molecule has 4 aromatic rings. The van der Waals surface area contributed by atoms with Crippen LogP contribution in [0, 0.1) is 6.92 Å². The number of nitrogens with one attached hydrogen (secondary N) is 1. The molecule has 0 saturated heterocycles. The molecule has 7 nitrogen and oxygen atoms in total. The normalized spacial score (nSPS) is 12.1. The fourth-order valence-electron chi connectivity index (χ4n) is 2.71. The summed E-state index contributed by atoms with van der Waals surface area (Å²) in [4.78, 5) is 0. The van der Waals surface area contributed by atoms with E-state index in [9.17, 15) is 0 Å². The van der Waals surface area contributed by atoms with Crippen LogP contribution in [-0.2, 0) is 0 Å². The second-order valence-electron chi connectivity index (χ2n) is 6.09. The van der Waals surface area contributed by atoms with Crippen molar-refractivity contribution in [3.05, 3.63) is 78.4 Å². The molecule has 4 rings (SSSR count). The minimum absolute atomic E-state index is 0.105. The minimum atomic E-state index is 0.105. The molecule has 130 valence electrons. The van der Waals surface area contributed by atoms with Crippen molar-refractivity contribution in [2.75, 3.05) is 5.32 Å². The van der Waals surface area contributed by atoms with Gasteiger partial charge in [-0.3, -0.25) is 0 Å². The predicted octanol–water partition coefficient (Wildman–Crippen LogP) is 3.33. The minimum Gasteiger partial charge on any atom is -0.362 e. The van der Waals surface area contributed by atoms with Gasteiger partial charge in [0.15, 0.2) is 5.82 Å². The van der Waals surface area contributed by atoms with Crippen LogP contribution in [0.3, 0.4) is 0 Å². The van der Waals surface area contributed by atoms with Crippen LogP contribution in [-0.4, -0.2) is 29.8 Å². The van der Waals surface area contributed by atoms with E-state index >= 15 is 0 Å². The molecule has 1 atom stereocenters. The van der Waals surface area contributed by atoms with Crippen molar-refractivity contribution in [2.45, 2.75) is 19.9 Å². The fourth-order valence-corrected chi connectivity index (χ4v) is 2.71. The average molecular weight is 345 g/mol. The van der Waals surface area contributed by atoms with Crippen molar-refractivity contribution in [2.24, 2.45) is 0 Å². The van der Waals surface area contributed by atoms with E-state index in [4.69, 9.17) is 0 Å². The van der Waals surface area contributed by atoms with Gasteiger partial charge in [0.2, 0.25) is 0 Å². The van der Waals surface area contributed by atoms with E-state index < -0.39 is 0 Å². The van der Waals surface area contributed by atoms with E-state index in [1.807, 2.05) is 48.3 Å². The molecule has 0 radical (unpaired) electrons. The number of anilines is 1. The molecule has 0 fully saturated rings. The second-order valence-corrected chi connectivity index (χ2v) is 6.09. The predicted molar refractivity (Wildman–Crippen MR) is 99.5 cm³/mol. The third kappa shape index (κ3) is 3.32. The van der Waals surface area contributed by atoms with Gasteiger partial charge in [0.25, 0.3) is 0 Å². The highest BCUT2D eigenvalue weighted by Crippen LogP contribution is 2.19. The Morgan fingerprint density at radius 2 is 1.77 bits per heavy atom. The summed E-state index contributed by atoms with van der Waals surface area (Å²) in [6.07, 6.45) is 5.57. The Balaban J connectivity index is 1.45. The zero-order chi connectivity index (χ0) is 17.9. The Labute approximate surface area is 151 Å². The highest BCUT2D eigenvalue weighted by Gasteiger charge is 2.08. The molecule has 0 aliphatic carbocycles. The van der Waals surface area contributed by atoms with Crippen molar-refractivity contribution >= 4 is 5.82 Å². The molecule has 1 unspecified atom stereocenters. The third-order valence-corrected chi connectivity index (χ3v) is 4.13. The third-order valence-electron chi connectivity index (χ3n) is 4.13. The zero-order valence-corrected chi connectivity index (χ0v) is 14.6. The Morgan fingerprint density at radius 3 is 2.38 bits per heavy atom. The molecule has 3 aromatic heterocycles. The lowest BCUT2D eigenvalue weighted by Gasteiger charge is -2.15. The number of hydrogen-bond donors (Lipinski definition) is 1. The summed E-state index contributed by atoms with van der Waals surface area (Å²) in [7, 11) is 0. The van der Waals surface area contributed by atoms with E-state index in [0.717, 1.165) is 22.8 Å². The van der Waals surface area contributed by atoms with Crippen LogP contribution >= 0.6 is 0 Å². The number of aromatic nitrogens is 6. The molecule has 0 amide bonds. The Bertz CT molecular complexity index is 970. The molecule has 26 heavy (non-hydrogen) atoms. The Hall–Kier alpha value is -3.48. The zero-order valence-electron chi connectivity index (χ0n) is 14.6. The lowest BCUT2D eigenvalue weighted by Crippen LogP contribution is -2.09. The number of benzene rings is 1. The molecule has 0 spiro atoms. The first-order valence-corrected chi connectivity index (χ1v) is 8.42. The van der Waals surface area contributed by atoms with Gasteiger partial charge in [-0.15, -0.1) is 10.2 Å². The molecule has 3 heterocycles. The van der Waals surface area contributed by atoms with Crippen molar-refractivity contribution in [3.8, 4) is 11.5 Å². The van der Waals surface area contributed by atoms with Gasteiger partial charge >= 0.3 is 0 Å². The van der Waals surface area contributed by atoms with Crippen LogP contribution in [0.5, 0.6) is 0 Å². The van der Waals surface area contributed by atoms with E-state index in [-0.39, 0.29) is 6.04 Å². The van der Waals surface area contributed by atoms with Gasteiger partial charge in [0, 0.05) is 18.6 Å². The maximum atomic E-state index is 4.34. The van der Waals surface area contributed by atoms with Crippen molar-refractivity contribution < 1.29 is 0 Å². The van der Waals surface area contributed by atoms with Gasteiger partial charge in [-0.25, -0.2) is 9.36 Å². The van der Waals surface area contributed by atoms with E-state index in [1.54, 1.807) is 10.9 Å². The monoisotopic (exact) mass is 345 g/mol. The quantitative estimate of drug-likeness (QED) is 0.600. The summed E-state index contributed by atoms with van der Waals surface area (Å²) in [5, 5.41) is 20.4. The summed E-state index contributed by atoms with van der Waals surface area (Å²) < 4.78 is 3.55. The summed E-state index contributed by atoms with van der Waals surface area (Å²) in [6, 6.07) is 16.0. The molecule has 1 N–H and O–H groups in total. The summed E-state index contributed by atoms with van der Waals surface area (Å²) in [6.45, 7) is 4.04. The van der Waals surface area contributed by atoms with Gasteiger partial charge in [-0.1, -0.05) is 12.1 Å². The first-order valence-electron chi connectivity index (χ1n) is 8.42. The molecule has 7 heteroatoms. The largest absolute Gasteiger partial charge is 0.362 e. The molecular formula is C19H19N7. The maximum Gasteiger partial charge on any atom is 0.175 e. The molecule has 0 aliphatic heterocycles. The number of aryl methyl sites for hydroxylation is 1. The van der Waals surface area contributed by atoms with Crippen molar-refractivity contribution in [1.29, 1.82) is 0 Å². The standard InChI is InChI=1S/C19H19N7/c1-14-10-13-26(24-14)19-9-8-18(22-23-19)21-15(2)16-4-6-17(7-5-16)25-12-3-11-20-25/h3-13,15H,1-2H3,(H,21,22). The van der Waals surface area contributed by atoms with E-state index in [2.05, 4.69) is 56.9 Å². The first kappa shape index (κ1) is 16.0. The highest BCUT2D eigenvalue weighted by atomic mass is 15.3. The SMILES string of the molecule is Cc1ccn(-c2ccc(NC(C)c3ccc(-n4cccn4)cc3)nn2)n1. The van der Waals surface area contributed by atoms with Crippen molar-refractivity contribution in [3.63, 3.8) is 0 Å². The molecule has 0 aliphatic rings. The number of hydrogen-bond acceptors (Lipinski definition) is 5. The van der Waals surface area contributed by atoms with Gasteiger partial charge in [-0.05, 0) is 55.8 Å². The average Bonchev–Trinajstić information content (AvgIpc) is 3.34. The van der Waals surface area contributed by atoms with Crippen LogP contribution in [0.1, 0.15) is 24.2 Å². The fraction of sp³-hybridized carbons (Fsp3) is 0.158. The van der Waals surface area contributed by atoms with Gasteiger partial charge < -0.3 is 5.32 Å². The first-order chi connectivity index (χ1) is 12.7. The van der Waals surface area contributed by atoms with Crippen LogP contribution in [0.2, 0.25) is 0 Å². The molecular weight excluding hydrogens is 326 g/mol. The van der Waals surface area contributed by atoms with Crippen LogP contribution in [0.25, 0.3) is 11.5 Å². The van der Waals surface area contributed by atoms with Crippen LogP contribution < -0.4 is 5.32 Å². The lowest BCUT2D eigenvalue weighted by molar-refractivity contribution is 0.795. The summed E-state index contributed by atoms with van der Waals surface area (Å²) >= 11 is 0. The van der Waals surface area contributed by atoms with Gasteiger partial charge in [-0.2, -0.15) is 10.2 Å². The van der Waals surface area contributed by atoms with E-state index in [0.29, 0.717) is 5.82 Å². The smallest absolute Gasteiger partial charge is 0.175 e. The maximum absolute atomic E-state index is 4.34. The molecule has 0 saturated carbocycles.